The highest BCUT2D eigenvalue weighted by atomic mass is 16.1. The quantitative estimate of drug-likeness (QED) is 0.892. The zero-order chi connectivity index (χ0) is 15.5. The number of hydrogen-bond acceptors (Lipinski definition) is 3. The van der Waals surface area contributed by atoms with Gasteiger partial charge in [0.2, 0.25) is 5.91 Å². The standard InChI is InChI=1S/C17H22N4O/c1-12-6-3-4-8-14(12)18-11-10-16(22)19-17-13-7-5-9-15(13)20-21(17)2/h3-4,6,8,18H,5,7,9-11H2,1-2H3,(H,19,22). The summed E-state index contributed by atoms with van der Waals surface area (Å²) in [6.45, 7) is 2.68. The molecule has 1 aliphatic rings. The fourth-order valence-electron chi connectivity index (χ4n) is 2.95. The van der Waals surface area contributed by atoms with Gasteiger partial charge in [0.1, 0.15) is 5.82 Å². The fourth-order valence-corrected chi connectivity index (χ4v) is 2.95. The summed E-state index contributed by atoms with van der Waals surface area (Å²) in [5, 5.41) is 10.8. The second-order valence-electron chi connectivity index (χ2n) is 5.79. The number of para-hydroxylation sites is 1. The zero-order valence-electron chi connectivity index (χ0n) is 13.1. The summed E-state index contributed by atoms with van der Waals surface area (Å²) in [4.78, 5) is 12.1. The summed E-state index contributed by atoms with van der Waals surface area (Å²) in [6.07, 6.45) is 3.61. The van der Waals surface area contributed by atoms with Crippen molar-refractivity contribution in [3.05, 3.63) is 41.1 Å². The van der Waals surface area contributed by atoms with Gasteiger partial charge >= 0.3 is 0 Å². The normalized spacial score (nSPS) is 13.0. The summed E-state index contributed by atoms with van der Waals surface area (Å²) in [7, 11) is 1.89. The Morgan fingerprint density at radius 1 is 1.32 bits per heavy atom. The third-order valence-corrected chi connectivity index (χ3v) is 4.14. The van der Waals surface area contributed by atoms with Crippen molar-refractivity contribution in [1.82, 2.24) is 9.78 Å². The molecule has 0 aliphatic heterocycles. The van der Waals surface area contributed by atoms with Gasteiger partial charge in [0, 0.05) is 31.3 Å². The van der Waals surface area contributed by atoms with E-state index in [0.717, 1.165) is 36.5 Å². The van der Waals surface area contributed by atoms with E-state index in [4.69, 9.17) is 0 Å². The van der Waals surface area contributed by atoms with Gasteiger partial charge in [-0.25, -0.2) is 0 Å². The molecule has 0 spiro atoms. The van der Waals surface area contributed by atoms with E-state index < -0.39 is 0 Å². The van der Waals surface area contributed by atoms with Crippen LogP contribution < -0.4 is 10.6 Å². The molecule has 2 aromatic rings. The molecule has 1 aliphatic carbocycles. The Morgan fingerprint density at radius 2 is 2.14 bits per heavy atom. The van der Waals surface area contributed by atoms with E-state index >= 15 is 0 Å². The minimum Gasteiger partial charge on any atom is -0.384 e. The van der Waals surface area contributed by atoms with Crippen molar-refractivity contribution in [3.8, 4) is 0 Å². The minimum atomic E-state index is 0.0267. The average molecular weight is 298 g/mol. The van der Waals surface area contributed by atoms with Crippen LogP contribution in [0.25, 0.3) is 0 Å². The van der Waals surface area contributed by atoms with Crippen LogP contribution in [0.1, 0.15) is 29.7 Å². The van der Waals surface area contributed by atoms with Crippen LogP contribution in [0.4, 0.5) is 11.5 Å². The maximum Gasteiger partial charge on any atom is 0.227 e. The predicted octanol–water partition coefficient (Wildman–Crippen LogP) is 2.66. The molecule has 0 bridgehead atoms. The Labute approximate surface area is 130 Å². The number of rotatable bonds is 5. The van der Waals surface area contributed by atoms with E-state index in [0.29, 0.717) is 13.0 Å². The lowest BCUT2D eigenvalue weighted by Crippen LogP contribution is -2.19. The summed E-state index contributed by atoms with van der Waals surface area (Å²) in [5.41, 5.74) is 4.61. The van der Waals surface area contributed by atoms with Crippen molar-refractivity contribution < 1.29 is 4.79 Å². The molecule has 1 aromatic carbocycles. The molecule has 5 heteroatoms. The first-order valence-corrected chi connectivity index (χ1v) is 7.79. The lowest BCUT2D eigenvalue weighted by Gasteiger charge is -2.10. The van der Waals surface area contributed by atoms with Crippen molar-refractivity contribution in [2.24, 2.45) is 7.05 Å². The van der Waals surface area contributed by atoms with Gasteiger partial charge in [0.15, 0.2) is 0 Å². The molecule has 0 saturated heterocycles. The highest BCUT2D eigenvalue weighted by Crippen LogP contribution is 2.28. The van der Waals surface area contributed by atoms with Crippen LogP contribution in [-0.2, 0) is 24.7 Å². The summed E-state index contributed by atoms with van der Waals surface area (Å²) in [6, 6.07) is 8.09. The van der Waals surface area contributed by atoms with Gasteiger partial charge in [-0.2, -0.15) is 5.10 Å². The molecule has 0 atom stereocenters. The monoisotopic (exact) mass is 298 g/mol. The Balaban J connectivity index is 1.54. The molecule has 1 aromatic heterocycles. The van der Waals surface area contributed by atoms with Crippen LogP contribution in [0.15, 0.2) is 24.3 Å². The van der Waals surface area contributed by atoms with Crippen molar-refractivity contribution in [3.63, 3.8) is 0 Å². The lowest BCUT2D eigenvalue weighted by molar-refractivity contribution is -0.116. The number of nitrogens with one attached hydrogen (secondary N) is 2. The number of aromatic nitrogens is 2. The molecular weight excluding hydrogens is 276 g/mol. The number of carbonyl (C=O) groups excluding carboxylic acids is 1. The molecule has 0 unspecified atom stereocenters. The Hall–Kier alpha value is -2.30. The Kier molecular flexibility index (Phi) is 4.13. The van der Waals surface area contributed by atoms with Crippen LogP contribution in [-0.4, -0.2) is 22.2 Å². The van der Waals surface area contributed by atoms with Crippen LogP contribution in [0, 0.1) is 6.92 Å². The van der Waals surface area contributed by atoms with Crippen molar-refractivity contribution in [2.45, 2.75) is 32.6 Å². The molecule has 116 valence electrons. The molecule has 3 rings (SSSR count). The molecule has 0 fully saturated rings. The first kappa shape index (κ1) is 14.6. The van der Waals surface area contributed by atoms with Crippen LogP contribution in [0.5, 0.6) is 0 Å². The molecular formula is C17H22N4O. The van der Waals surface area contributed by atoms with Gasteiger partial charge in [0.05, 0.1) is 5.69 Å². The minimum absolute atomic E-state index is 0.0267. The molecule has 1 heterocycles. The largest absolute Gasteiger partial charge is 0.384 e. The van der Waals surface area contributed by atoms with Crippen LogP contribution in [0.2, 0.25) is 0 Å². The van der Waals surface area contributed by atoms with E-state index in [1.54, 1.807) is 4.68 Å². The third-order valence-electron chi connectivity index (χ3n) is 4.14. The number of amides is 1. The van der Waals surface area contributed by atoms with Crippen molar-refractivity contribution in [2.75, 3.05) is 17.2 Å². The first-order valence-electron chi connectivity index (χ1n) is 7.79. The number of fused-ring (bicyclic) bond motifs is 1. The number of aryl methyl sites for hydroxylation is 3. The maximum atomic E-state index is 12.1. The van der Waals surface area contributed by atoms with E-state index in [2.05, 4.69) is 28.7 Å². The van der Waals surface area contributed by atoms with Gasteiger partial charge in [-0.1, -0.05) is 18.2 Å². The third kappa shape index (κ3) is 2.98. The van der Waals surface area contributed by atoms with Gasteiger partial charge in [-0.3, -0.25) is 9.48 Å². The smallest absolute Gasteiger partial charge is 0.227 e. The average Bonchev–Trinajstić information content (AvgIpc) is 3.04. The van der Waals surface area contributed by atoms with E-state index in [9.17, 15) is 4.79 Å². The number of benzene rings is 1. The highest BCUT2D eigenvalue weighted by molar-refractivity contribution is 5.91. The SMILES string of the molecule is Cc1ccccc1NCCC(=O)Nc1c2c(nn1C)CCC2. The fraction of sp³-hybridized carbons (Fsp3) is 0.412. The van der Waals surface area contributed by atoms with Gasteiger partial charge in [0.25, 0.3) is 0 Å². The van der Waals surface area contributed by atoms with Crippen LogP contribution >= 0.6 is 0 Å². The molecule has 2 N–H and O–H groups in total. The summed E-state index contributed by atoms with van der Waals surface area (Å²) >= 11 is 0. The number of hydrogen-bond donors (Lipinski definition) is 2. The van der Waals surface area contributed by atoms with Gasteiger partial charge in [-0.15, -0.1) is 0 Å². The Morgan fingerprint density at radius 3 is 2.95 bits per heavy atom. The lowest BCUT2D eigenvalue weighted by atomic mass is 10.2. The zero-order valence-corrected chi connectivity index (χ0v) is 13.1. The van der Waals surface area contributed by atoms with Crippen LogP contribution in [0.3, 0.4) is 0 Å². The predicted molar refractivity (Wildman–Crippen MR) is 88.1 cm³/mol. The van der Waals surface area contributed by atoms with E-state index in [-0.39, 0.29) is 5.91 Å². The van der Waals surface area contributed by atoms with E-state index in [1.807, 2.05) is 25.2 Å². The Bertz CT molecular complexity index is 690. The maximum absolute atomic E-state index is 12.1. The number of anilines is 2. The summed E-state index contributed by atoms with van der Waals surface area (Å²) < 4.78 is 1.79. The second kappa shape index (κ2) is 6.22. The highest BCUT2D eigenvalue weighted by Gasteiger charge is 2.21. The topological polar surface area (TPSA) is 59.0 Å². The van der Waals surface area contributed by atoms with Crippen molar-refractivity contribution >= 4 is 17.4 Å². The van der Waals surface area contributed by atoms with Crippen molar-refractivity contribution in [1.29, 1.82) is 0 Å². The first-order chi connectivity index (χ1) is 10.6. The van der Waals surface area contributed by atoms with E-state index in [1.165, 1.54) is 11.1 Å². The summed E-state index contributed by atoms with van der Waals surface area (Å²) in [5.74, 6) is 0.896. The number of carbonyl (C=O) groups is 1. The molecule has 1 amide bonds. The molecule has 0 radical (unpaired) electrons. The number of nitrogens with zero attached hydrogens (tertiary/aromatic N) is 2. The molecule has 0 saturated carbocycles. The van der Waals surface area contributed by atoms with Gasteiger partial charge in [-0.05, 0) is 37.8 Å². The van der Waals surface area contributed by atoms with Gasteiger partial charge < -0.3 is 10.6 Å². The molecule has 22 heavy (non-hydrogen) atoms. The molecule has 5 nitrogen and oxygen atoms in total. The second-order valence-corrected chi connectivity index (χ2v) is 5.79.